The number of hydrogen-bond donors (Lipinski definition) is 1. The zero-order valence-electron chi connectivity index (χ0n) is 11.3. The molecule has 2 aliphatic rings. The third-order valence-corrected chi connectivity index (χ3v) is 3.80. The van der Waals surface area contributed by atoms with Crippen molar-refractivity contribution in [3.05, 3.63) is 11.7 Å². The molecule has 0 radical (unpaired) electrons. The van der Waals surface area contributed by atoms with Crippen molar-refractivity contribution in [1.82, 2.24) is 20.4 Å². The lowest BCUT2D eigenvalue weighted by atomic mass is 10.1. The number of rotatable bonds is 4. The summed E-state index contributed by atoms with van der Waals surface area (Å²) in [5, 5.41) is 7.48. The lowest BCUT2D eigenvalue weighted by molar-refractivity contribution is 0.185. The van der Waals surface area contributed by atoms with Crippen LogP contribution in [-0.2, 0) is 17.7 Å². The van der Waals surface area contributed by atoms with E-state index in [0.29, 0.717) is 5.92 Å². The van der Waals surface area contributed by atoms with Gasteiger partial charge < -0.3 is 14.6 Å². The molecule has 0 amide bonds. The van der Waals surface area contributed by atoms with Crippen LogP contribution in [0.2, 0.25) is 0 Å². The number of aromatic nitrogens is 2. The van der Waals surface area contributed by atoms with E-state index in [9.17, 15) is 0 Å². The van der Waals surface area contributed by atoms with Crippen molar-refractivity contribution in [2.24, 2.45) is 5.92 Å². The quantitative estimate of drug-likeness (QED) is 0.853. The van der Waals surface area contributed by atoms with E-state index in [1.54, 1.807) is 0 Å². The highest BCUT2D eigenvalue weighted by Crippen LogP contribution is 2.17. The minimum atomic E-state index is 0.563. The van der Waals surface area contributed by atoms with Crippen molar-refractivity contribution in [3.63, 3.8) is 0 Å². The fourth-order valence-electron chi connectivity index (χ4n) is 2.69. The standard InChI is InChI=1S/C13H22N4O2/c1-3-14-4-6-17(5-1)9-13-15-12(16-19-13)8-11-2-7-18-10-11/h11,14H,1-10H2. The Morgan fingerprint density at radius 1 is 1.32 bits per heavy atom. The van der Waals surface area contributed by atoms with E-state index in [1.165, 1.54) is 6.42 Å². The molecular weight excluding hydrogens is 244 g/mol. The van der Waals surface area contributed by atoms with Crippen molar-refractivity contribution in [2.45, 2.75) is 25.8 Å². The Balaban J connectivity index is 1.51. The molecule has 3 rings (SSSR count). The van der Waals surface area contributed by atoms with Gasteiger partial charge in [0.25, 0.3) is 0 Å². The zero-order chi connectivity index (χ0) is 12.9. The highest BCUT2D eigenvalue weighted by Gasteiger charge is 2.20. The van der Waals surface area contributed by atoms with Crippen LogP contribution in [0.1, 0.15) is 24.6 Å². The van der Waals surface area contributed by atoms with Crippen molar-refractivity contribution in [1.29, 1.82) is 0 Å². The second-order valence-electron chi connectivity index (χ2n) is 5.42. The molecule has 19 heavy (non-hydrogen) atoms. The molecule has 0 aliphatic carbocycles. The van der Waals surface area contributed by atoms with Crippen LogP contribution < -0.4 is 5.32 Å². The molecule has 0 bridgehead atoms. The van der Waals surface area contributed by atoms with Gasteiger partial charge in [0, 0.05) is 32.7 Å². The molecule has 2 fully saturated rings. The van der Waals surface area contributed by atoms with Gasteiger partial charge in [0.05, 0.1) is 6.54 Å². The molecule has 0 aromatic carbocycles. The highest BCUT2D eigenvalue weighted by atomic mass is 16.5. The van der Waals surface area contributed by atoms with Gasteiger partial charge in [-0.1, -0.05) is 5.16 Å². The maximum atomic E-state index is 5.37. The first-order chi connectivity index (χ1) is 9.40. The molecule has 2 saturated heterocycles. The first-order valence-corrected chi connectivity index (χ1v) is 7.22. The molecule has 1 aromatic heterocycles. The third kappa shape index (κ3) is 3.75. The molecule has 1 unspecified atom stereocenters. The highest BCUT2D eigenvalue weighted by molar-refractivity contribution is 4.89. The summed E-state index contributed by atoms with van der Waals surface area (Å²) < 4.78 is 10.7. The molecule has 2 aliphatic heterocycles. The monoisotopic (exact) mass is 266 g/mol. The SMILES string of the molecule is C1CNCCN(Cc2nc(CC3CCOC3)no2)C1. The number of hydrogen-bond acceptors (Lipinski definition) is 6. The molecule has 0 spiro atoms. The smallest absolute Gasteiger partial charge is 0.240 e. The summed E-state index contributed by atoms with van der Waals surface area (Å²) in [6.07, 6.45) is 3.17. The molecule has 1 atom stereocenters. The summed E-state index contributed by atoms with van der Waals surface area (Å²) in [6.45, 7) is 6.77. The summed E-state index contributed by atoms with van der Waals surface area (Å²) in [4.78, 5) is 6.87. The van der Waals surface area contributed by atoms with Crippen molar-refractivity contribution in [2.75, 3.05) is 39.4 Å². The zero-order valence-corrected chi connectivity index (χ0v) is 11.3. The van der Waals surface area contributed by atoms with Gasteiger partial charge in [-0.25, -0.2) is 0 Å². The normalized spacial score (nSPS) is 25.6. The summed E-state index contributed by atoms with van der Waals surface area (Å²) in [6, 6.07) is 0. The van der Waals surface area contributed by atoms with Crippen LogP contribution >= 0.6 is 0 Å². The maximum Gasteiger partial charge on any atom is 0.240 e. The van der Waals surface area contributed by atoms with Crippen LogP contribution in [0, 0.1) is 5.92 Å². The maximum absolute atomic E-state index is 5.37. The van der Waals surface area contributed by atoms with Crippen LogP contribution in [0.25, 0.3) is 0 Å². The Hall–Kier alpha value is -0.980. The van der Waals surface area contributed by atoms with E-state index in [1.807, 2.05) is 0 Å². The first kappa shape index (κ1) is 13.0. The summed E-state index contributed by atoms with van der Waals surface area (Å²) >= 11 is 0. The largest absolute Gasteiger partial charge is 0.381 e. The lowest BCUT2D eigenvalue weighted by Gasteiger charge is -2.16. The van der Waals surface area contributed by atoms with Gasteiger partial charge >= 0.3 is 0 Å². The minimum Gasteiger partial charge on any atom is -0.381 e. The average Bonchev–Trinajstić information content (AvgIpc) is 2.99. The molecule has 6 heteroatoms. The van der Waals surface area contributed by atoms with Gasteiger partial charge in [-0.3, -0.25) is 4.90 Å². The van der Waals surface area contributed by atoms with Gasteiger partial charge in [0.1, 0.15) is 0 Å². The Morgan fingerprint density at radius 2 is 2.32 bits per heavy atom. The van der Waals surface area contributed by atoms with Gasteiger partial charge in [-0.05, 0) is 31.8 Å². The van der Waals surface area contributed by atoms with Crippen molar-refractivity contribution in [3.8, 4) is 0 Å². The molecule has 6 nitrogen and oxygen atoms in total. The number of nitrogens with one attached hydrogen (secondary N) is 1. The van der Waals surface area contributed by atoms with Crippen LogP contribution in [0.5, 0.6) is 0 Å². The average molecular weight is 266 g/mol. The van der Waals surface area contributed by atoms with Gasteiger partial charge in [-0.15, -0.1) is 0 Å². The molecule has 106 valence electrons. The summed E-state index contributed by atoms with van der Waals surface area (Å²) in [5.74, 6) is 2.14. The van der Waals surface area contributed by atoms with Crippen molar-refractivity contribution >= 4 is 0 Å². The Bertz CT molecular complexity index is 382. The second-order valence-corrected chi connectivity index (χ2v) is 5.42. The van der Waals surface area contributed by atoms with E-state index in [2.05, 4.69) is 20.4 Å². The van der Waals surface area contributed by atoms with Crippen LogP contribution in [0.15, 0.2) is 4.52 Å². The molecule has 1 N–H and O–H groups in total. The minimum absolute atomic E-state index is 0.563. The van der Waals surface area contributed by atoms with E-state index in [0.717, 1.165) is 70.5 Å². The number of nitrogens with zero attached hydrogens (tertiary/aromatic N) is 3. The lowest BCUT2D eigenvalue weighted by Crippen LogP contribution is -2.27. The second kappa shape index (κ2) is 6.45. The molecule has 1 aromatic rings. The first-order valence-electron chi connectivity index (χ1n) is 7.22. The Kier molecular flexibility index (Phi) is 4.42. The predicted octanol–water partition coefficient (Wildman–Crippen LogP) is 0.444. The Morgan fingerprint density at radius 3 is 3.21 bits per heavy atom. The van der Waals surface area contributed by atoms with Gasteiger partial charge in [0.15, 0.2) is 5.82 Å². The van der Waals surface area contributed by atoms with Crippen LogP contribution in [-0.4, -0.2) is 54.4 Å². The van der Waals surface area contributed by atoms with E-state index in [4.69, 9.17) is 9.26 Å². The topological polar surface area (TPSA) is 63.4 Å². The summed E-state index contributed by atoms with van der Waals surface area (Å²) in [5.41, 5.74) is 0. The third-order valence-electron chi connectivity index (χ3n) is 3.80. The number of ether oxygens (including phenoxy) is 1. The van der Waals surface area contributed by atoms with Crippen LogP contribution in [0.4, 0.5) is 0 Å². The predicted molar refractivity (Wildman–Crippen MR) is 69.7 cm³/mol. The van der Waals surface area contributed by atoms with Crippen molar-refractivity contribution < 1.29 is 9.26 Å². The van der Waals surface area contributed by atoms with E-state index in [-0.39, 0.29) is 0 Å². The summed E-state index contributed by atoms with van der Waals surface area (Å²) in [7, 11) is 0. The van der Waals surface area contributed by atoms with Gasteiger partial charge in [0.2, 0.25) is 5.89 Å². The fourth-order valence-corrected chi connectivity index (χ4v) is 2.69. The van der Waals surface area contributed by atoms with Crippen LogP contribution in [0.3, 0.4) is 0 Å². The van der Waals surface area contributed by atoms with Gasteiger partial charge in [-0.2, -0.15) is 4.98 Å². The van der Waals surface area contributed by atoms with E-state index >= 15 is 0 Å². The molecule has 3 heterocycles. The fraction of sp³-hybridized carbons (Fsp3) is 0.846. The van der Waals surface area contributed by atoms with E-state index < -0.39 is 0 Å². The molecular formula is C13H22N4O2. The Labute approximate surface area is 113 Å². The molecule has 0 saturated carbocycles.